The van der Waals surface area contributed by atoms with Crippen LogP contribution in [-0.4, -0.2) is 0 Å². The van der Waals surface area contributed by atoms with Crippen molar-refractivity contribution < 1.29 is 21.1 Å². The summed E-state index contributed by atoms with van der Waals surface area (Å²) in [5.74, 6) is 0. The summed E-state index contributed by atoms with van der Waals surface area (Å²) >= 11 is 0. The first-order valence-electron chi connectivity index (χ1n) is 2.23. The van der Waals surface area contributed by atoms with Crippen LogP contribution in [0.3, 0.4) is 0 Å². The third-order valence-electron chi connectivity index (χ3n) is 0.703. The van der Waals surface area contributed by atoms with Crippen LogP contribution in [0.5, 0.6) is 0 Å². The minimum absolute atomic E-state index is 0. The average Bonchev–Trinajstić information content (AvgIpc) is 1.68. The number of hydrogen-bond donors (Lipinski definition) is 0. The van der Waals surface area contributed by atoms with Crippen LogP contribution in [0.15, 0.2) is 37.0 Å². The van der Waals surface area contributed by atoms with Gasteiger partial charge < -0.3 is 14.9 Å². The molecule has 0 aliphatic rings. The van der Waals surface area contributed by atoms with Gasteiger partial charge in [-0.05, 0) is 6.92 Å². The fraction of sp³-hybridized carbons (Fsp3) is 0.111. The molecule has 0 radical (unpaired) electrons. The molecule has 0 N–H and O–H groups in total. The van der Waals surface area contributed by atoms with E-state index in [-0.39, 0.29) is 35.9 Å². The van der Waals surface area contributed by atoms with Gasteiger partial charge in [-0.25, -0.2) is 0 Å². The molecule has 0 amide bonds. The Morgan fingerprint density at radius 1 is 1.20 bits per heavy atom. The molecule has 0 saturated carbocycles. The molecule has 0 aliphatic carbocycles. The van der Waals surface area contributed by atoms with E-state index in [2.05, 4.69) is 13.2 Å². The van der Waals surface area contributed by atoms with Crippen LogP contribution in [0.25, 0.3) is 0 Å². The summed E-state index contributed by atoms with van der Waals surface area (Å²) in [6, 6.07) is 0. The van der Waals surface area contributed by atoms with E-state index in [1.165, 1.54) is 0 Å². The van der Waals surface area contributed by atoms with Crippen molar-refractivity contribution in [3.05, 3.63) is 51.8 Å². The molecule has 0 nitrogen and oxygen atoms in total. The summed E-state index contributed by atoms with van der Waals surface area (Å²) in [4.78, 5) is 0. The van der Waals surface area contributed by atoms with Gasteiger partial charge in [0.05, 0.1) is 0 Å². The van der Waals surface area contributed by atoms with Crippen molar-refractivity contribution in [1.29, 1.82) is 0 Å². The number of rotatable bonds is 2. The van der Waals surface area contributed by atoms with Gasteiger partial charge >= 0.3 is 21.1 Å². The molecule has 0 fully saturated rings. The maximum atomic E-state index is 3.56. The predicted octanol–water partition coefficient (Wildman–Crippen LogP) is 3.20. The van der Waals surface area contributed by atoms with Crippen molar-refractivity contribution in [2.24, 2.45) is 0 Å². The molecular formula is C9H16W. The van der Waals surface area contributed by atoms with E-state index in [1.807, 2.05) is 13.0 Å². The van der Waals surface area contributed by atoms with Gasteiger partial charge in [0.25, 0.3) is 0 Å². The molecular weight excluding hydrogens is 292 g/mol. The Kier molecular flexibility index (Phi) is 36.0. The first kappa shape index (κ1) is 22.5. The SMILES string of the molecule is C=C/C=C(/C)C=C.[CH3-].[CH3-].[W+2]. The van der Waals surface area contributed by atoms with Gasteiger partial charge in [-0.15, -0.1) is 0 Å². The molecule has 0 saturated heterocycles. The van der Waals surface area contributed by atoms with Gasteiger partial charge in [0.1, 0.15) is 0 Å². The Bertz CT molecular complexity index is 101. The van der Waals surface area contributed by atoms with Crippen LogP contribution < -0.4 is 0 Å². The van der Waals surface area contributed by atoms with E-state index in [0.717, 1.165) is 5.57 Å². The monoisotopic (exact) mass is 308 g/mol. The Balaban J connectivity index is -0.0000000600. The molecule has 0 atom stereocenters. The van der Waals surface area contributed by atoms with Crippen molar-refractivity contribution in [2.45, 2.75) is 6.92 Å². The molecule has 58 valence electrons. The first-order valence-corrected chi connectivity index (χ1v) is 2.23. The molecule has 0 aromatic carbocycles. The molecule has 1 heteroatoms. The van der Waals surface area contributed by atoms with Crippen LogP contribution in [0.2, 0.25) is 0 Å². The number of allylic oxidation sites excluding steroid dienone is 4. The second-order valence-corrected chi connectivity index (χ2v) is 1.35. The first-order chi connectivity index (χ1) is 3.31. The molecule has 10 heavy (non-hydrogen) atoms. The quantitative estimate of drug-likeness (QED) is 0.543. The minimum Gasteiger partial charge on any atom is -0.358 e. The second kappa shape index (κ2) is 16.0. The van der Waals surface area contributed by atoms with E-state index >= 15 is 0 Å². The normalized spacial score (nSPS) is 7.50. The van der Waals surface area contributed by atoms with Crippen LogP contribution in [-0.2, 0) is 21.1 Å². The minimum atomic E-state index is 0. The number of hydrogen-bond acceptors (Lipinski definition) is 0. The Hall–Kier alpha value is -0.0917. The molecule has 0 rings (SSSR count). The molecule has 0 heterocycles. The molecule has 0 bridgehead atoms. The van der Waals surface area contributed by atoms with Crippen LogP contribution in [0, 0.1) is 14.9 Å². The van der Waals surface area contributed by atoms with Gasteiger partial charge in [-0.1, -0.05) is 37.0 Å². The predicted molar refractivity (Wildman–Crippen MR) is 47.0 cm³/mol. The van der Waals surface area contributed by atoms with Crippen LogP contribution in [0.1, 0.15) is 6.92 Å². The summed E-state index contributed by atoms with van der Waals surface area (Å²) in [6.07, 6.45) is 5.45. The maximum absolute atomic E-state index is 3.56. The summed E-state index contributed by atoms with van der Waals surface area (Å²) in [6.45, 7) is 9.07. The molecule has 0 spiro atoms. The third kappa shape index (κ3) is 15.7. The third-order valence-corrected chi connectivity index (χ3v) is 0.703. The summed E-state index contributed by atoms with van der Waals surface area (Å²) in [5, 5.41) is 0. The van der Waals surface area contributed by atoms with E-state index in [0.29, 0.717) is 0 Å². The van der Waals surface area contributed by atoms with Crippen molar-refractivity contribution in [3.8, 4) is 0 Å². The van der Waals surface area contributed by atoms with Crippen molar-refractivity contribution in [2.75, 3.05) is 0 Å². The average molecular weight is 308 g/mol. The second-order valence-electron chi connectivity index (χ2n) is 1.35. The fourth-order valence-electron chi connectivity index (χ4n) is 0.254. The van der Waals surface area contributed by atoms with Crippen LogP contribution in [0.4, 0.5) is 0 Å². The van der Waals surface area contributed by atoms with E-state index in [4.69, 9.17) is 0 Å². The van der Waals surface area contributed by atoms with E-state index < -0.39 is 0 Å². The zero-order valence-electron chi connectivity index (χ0n) is 7.05. The van der Waals surface area contributed by atoms with Gasteiger partial charge in [-0.3, -0.25) is 0 Å². The van der Waals surface area contributed by atoms with Crippen LogP contribution >= 0.6 is 0 Å². The summed E-state index contributed by atoms with van der Waals surface area (Å²) in [7, 11) is 0. The van der Waals surface area contributed by atoms with Gasteiger partial charge in [-0.2, -0.15) is 0 Å². The zero-order valence-corrected chi connectivity index (χ0v) is 9.99. The molecule has 0 aromatic rings. The Labute approximate surface area is 80.0 Å². The van der Waals surface area contributed by atoms with E-state index in [1.54, 1.807) is 12.2 Å². The summed E-state index contributed by atoms with van der Waals surface area (Å²) < 4.78 is 0. The van der Waals surface area contributed by atoms with E-state index in [9.17, 15) is 0 Å². The molecule has 0 aliphatic heterocycles. The Morgan fingerprint density at radius 3 is 1.70 bits per heavy atom. The van der Waals surface area contributed by atoms with Crippen molar-refractivity contribution >= 4 is 0 Å². The maximum Gasteiger partial charge on any atom is 2.00 e. The van der Waals surface area contributed by atoms with Gasteiger partial charge in [0, 0.05) is 0 Å². The topological polar surface area (TPSA) is 0 Å². The molecule has 0 unspecified atom stereocenters. The largest absolute Gasteiger partial charge is 2.00 e. The van der Waals surface area contributed by atoms with Gasteiger partial charge in [0.15, 0.2) is 0 Å². The van der Waals surface area contributed by atoms with Gasteiger partial charge in [0.2, 0.25) is 0 Å². The fourth-order valence-corrected chi connectivity index (χ4v) is 0.254. The molecule has 0 aromatic heterocycles. The van der Waals surface area contributed by atoms with Crippen molar-refractivity contribution in [1.82, 2.24) is 0 Å². The standard InChI is InChI=1S/C7H10.2CH3.W/c1-4-6-7(3)5-2;;;/h4-6H,1-2H2,3H3;2*1H3;/q;2*-1;+2/b7-6-;;;. The Morgan fingerprint density at radius 2 is 1.60 bits per heavy atom. The smallest absolute Gasteiger partial charge is 0.358 e. The zero-order chi connectivity index (χ0) is 5.70. The summed E-state index contributed by atoms with van der Waals surface area (Å²) in [5.41, 5.74) is 1.15. The van der Waals surface area contributed by atoms with Crippen molar-refractivity contribution in [3.63, 3.8) is 0 Å².